The van der Waals surface area contributed by atoms with Gasteiger partial charge in [0.25, 0.3) is 0 Å². The lowest BCUT2D eigenvalue weighted by Gasteiger charge is -2.11. The standard InChI is InChI=1S/C11H17NO/c1-3-9-5-8-4-7(2)10(6-12)11(8)13-9/h5,7,10H,3-4,6,12H2,1-2H3. The highest BCUT2D eigenvalue weighted by Crippen LogP contribution is 2.38. The number of furan rings is 1. The summed E-state index contributed by atoms with van der Waals surface area (Å²) in [5.41, 5.74) is 7.12. The van der Waals surface area contributed by atoms with E-state index in [4.69, 9.17) is 10.2 Å². The zero-order chi connectivity index (χ0) is 9.42. The molecule has 2 heteroatoms. The molecule has 0 saturated heterocycles. The lowest BCUT2D eigenvalue weighted by molar-refractivity contribution is 0.398. The normalized spacial score (nSPS) is 26.4. The molecule has 0 saturated carbocycles. The Hall–Kier alpha value is -0.760. The van der Waals surface area contributed by atoms with Crippen molar-refractivity contribution in [2.24, 2.45) is 11.7 Å². The summed E-state index contributed by atoms with van der Waals surface area (Å²) in [6, 6.07) is 2.20. The van der Waals surface area contributed by atoms with E-state index in [9.17, 15) is 0 Å². The minimum atomic E-state index is 0.454. The molecule has 0 fully saturated rings. The Morgan fingerprint density at radius 2 is 2.38 bits per heavy atom. The highest BCUT2D eigenvalue weighted by molar-refractivity contribution is 5.31. The molecule has 1 aliphatic rings. The first kappa shape index (κ1) is 8.82. The first-order valence-electron chi connectivity index (χ1n) is 5.07. The molecule has 1 aromatic heterocycles. The Labute approximate surface area is 79.1 Å². The molecule has 2 atom stereocenters. The minimum Gasteiger partial charge on any atom is -0.465 e. The van der Waals surface area contributed by atoms with Crippen molar-refractivity contribution in [1.29, 1.82) is 0 Å². The van der Waals surface area contributed by atoms with Gasteiger partial charge in [0.15, 0.2) is 0 Å². The molecule has 1 aromatic rings. The Kier molecular flexibility index (Phi) is 2.16. The van der Waals surface area contributed by atoms with E-state index < -0.39 is 0 Å². The molecule has 2 rings (SSSR count). The van der Waals surface area contributed by atoms with Crippen LogP contribution in [0.4, 0.5) is 0 Å². The van der Waals surface area contributed by atoms with E-state index in [1.54, 1.807) is 0 Å². The first-order chi connectivity index (χ1) is 6.26. The maximum Gasteiger partial charge on any atom is 0.111 e. The summed E-state index contributed by atoms with van der Waals surface area (Å²) in [6.07, 6.45) is 2.12. The van der Waals surface area contributed by atoms with E-state index in [1.807, 2.05) is 0 Å². The summed E-state index contributed by atoms with van der Waals surface area (Å²) in [6.45, 7) is 5.08. The van der Waals surface area contributed by atoms with Gasteiger partial charge in [0, 0.05) is 18.9 Å². The number of hydrogen-bond acceptors (Lipinski definition) is 2. The van der Waals surface area contributed by atoms with Crippen LogP contribution in [0.1, 0.15) is 36.8 Å². The first-order valence-corrected chi connectivity index (χ1v) is 5.07. The Balaban J connectivity index is 2.33. The van der Waals surface area contributed by atoms with Crippen molar-refractivity contribution >= 4 is 0 Å². The predicted molar refractivity (Wildman–Crippen MR) is 52.7 cm³/mol. The van der Waals surface area contributed by atoms with Crippen LogP contribution in [0.2, 0.25) is 0 Å². The second-order valence-corrected chi connectivity index (χ2v) is 3.98. The highest BCUT2D eigenvalue weighted by Gasteiger charge is 2.32. The molecule has 1 heterocycles. The monoisotopic (exact) mass is 179 g/mol. The van der Waals surface area contributed by atoms with Gasteiger partial charge >= 0.3 is 0 Å². The Morgan fingerprint density at radius 1 is 1.62 bits per heavy atom. The Bertz CT molecular complexity index is 303. The largest absolute Gasteiger partial charge is 0.465 e. The van der Waals surface area contributed by atoms with E-state index in [-0.39, 0.29) is 0 Å². The Morgan fingerprint density at radius 3 is 3.00 bits per heavy atom. The molecule has 0 radical (unpaired) electrons. The summed E-state index contributed by atoms with van der Waals surface area (Å²) in [5.74, 6) is 3.38. The lowest BCUT2D eigenvalue weighted by Crippen LogP contribution is -2.15. The summed E-state index contributed by atoms with van der Waals surface area (Å²) < 4.78 is 5.77. The van der Waals surface area contributed by atoms with Gasteiger partial charge in [-0.25, -0.2) is 0 Å². The quantitative estimate of drug-likeness (QED) is 0.755. The molecule has 0 aromatic carbocycles. The van der Waals surface area contributed by atoms with Crippen LogP contribution in [0, 0.1) is 5.92 Å². The van der Waals surface area contributed by atoms with Crippen molar-refractivity contribution in [3.8, 4) is 0 Å². The lowest BCUT2D eigenvalue weighted by atomic mass is 9.98. The number of fused-ring (bicyclic) bond motifs is 1. The van der Waals surface area contributed by atoms with Gasteiger partial charge in [-0.1, -0.05) is 13.8 Å². The van der Waals surface area contributed by atoms with Gasteiger partial charge < -0.3 is 10.2 Å². The van der Waals surface area contributed by atoms with Gasteiger partial charge in [-0.2, -0.15) is 0 Å². The fourth-order valence-electron chi connectivity index (χ4n) is 2.24. The van der Waals surface area contributed by atoms with E-state index >= 15 is 0 Å². The van der Waals surface area contributed by atoms with Gasteiger partial charge in [0.2, 0.25) is 0 Å². The molecular formula is C11H17NO. The van der Waals surface area contributed by atoms with Crippen molar-refractivity contribution in [2.75, 3.05) is 6.54 Å². The van der Waals surface area contributed by atoms with Crippen molar-refractivity contribution in [2.45, 2.75) is 32.6 Å². The van der Waals surface area contributed by atoms with Gasteiger partial charge in [0.05, 0.1) is 0 Å². The SMILES string of the molecule is CCc1cc2c(o1)C(CN)C(C)C2. The summed E-state index contributed by atoms with van der Waals surface area (Å²) in [4.78, 5) is 0. The number of aryl methyl sites for hydroxylation is 1. The van der Waals surface area contributed by atoms with Crippen molar-refractivity contribution in [1.82, 2.24) is 0 Å². The second-order valence-electron chi connectivity index (χ2n) is 3.98. The van der Waals surface area contributed by atoms with Gasteiger partial charge in [-0.15, -0.1) is 0 Å². The smallest absolute Gasteiger partial charge is 0.111 e. The average Bonchev–Trinajstić information content (AvgIpc) is 2.60. The predicted octanol–water partition coefficient (Wildman–Crippen LogP) is 2.08. The van der Waals surface area contributed by atoms with Crippen LogP contribution in [0.15, 0.2) is 10.5 Å². The third kappa shape index (κ3) is 1.29. The van der Waals surface area contributed by atoms with Crippen LogP contribution in [-0.2, 0) is 12.8 Å². The van der Waals surface area contributed by atoms with Gasteiger partial charge in [-0.3, -0.25) is 0 Å². The van der Waals surface area contributed by atoms with Crippen LogP contribution >= 0.6 is 0 Å². The molecule has 1 aliphatic carbocycles. The van der Waals surface area contributed by atoms with Crippen molar-refractivity contribution < 1.29 is 4.42 Å². The van der Waals surface area contributed by atoms with Crippen LogP contribution in [0.3, 0.4) is 0 Å². The molecule has 0 bridgehead atoms. The van der Waals surface area contributed by atoms with Crippen molar-refractivity contribution in [3.05, 3.63) is 23.2 Å². The zero-order valence-corrected chi connectivity index (χ0v) is 8.34. The topological polar surface area (TPSA) is 39.2 Å². The van der Waals surface area contributed by atoms with E-state index in [1.165, 1.54) is 5.56 Å². The van der Waals surface area contributed by atoms with Crippen LogP contribution in [0.5, 0.6) is 0 Å². The number of nitrogens with two attached hydrogens (primary N) is 1. The highest BCUT2D eigenvalue weighted by atomic mass is 16.3. The maximum absolute atomic E-state index is 5.77. The number of hydrogen-bond donors (Lipinski definition) is 1. The molecule has 0 spiro atoms. The summed E-state index contributed by atoms with van der Waals surface area (Å²) in [5, 5.41) is 0. The average molecular weight is 179 g/mol. The molecule has 2 nitrogen and oxygen atoms in total. The van der Waals surface area contributed by atoms with E-state index in [0.29, 0.717) is 18.4 Å². The molecular weight excluding hydrogens is 162 g/mol. The van der Waals surface area contributed by atoms with Crippen molar-refractivity contribution in [3.63, 3.8) is 0 Å². The fourth-order valence-corrected chi connectivity index (χ4v) is 2.24. The van der Waals surface area contributed by atoms with Crippen LogP contribution < -0.4 is 5.73 Å². The third-order valence-corrected chi connectivity index (χ3v) is 3.06. The van der Waals surface area contributed by atoms with Crippen LogP contribution in [-0.4, -0.2) is 6.54 Å². The number of rotatable bonds is 2. The summed E-state index contributed by atoms with van der Waals surface area (Å²) in [7, 11) is 0. The second kappa shape index (κ2) is 3.18. The fraction of sp³-hybridized carbons (Fsp3) is 0.636. The molecule has 13 heavy (non-hydrogen) atoms. The molecule has 72 valence electrons. The third-order valence-electron chi connectivity index (χ3n) is 3.06. The van der Waals surface area contributed by atoms with E-state index in [0.717, 1.165) is 24.4 Å². The molecule has 0 amide bonds. The molecule has 2 unspecified atom stereocenters. The molecule has 2 N–H and O–H groups in total. The van der Waals surface area contributed by atoms with Crippen LogP contribution in [0.25, 0.3) is 0 Å². The molecule has 0 aliphatic heterocycles. The van der Waals surface area contributed by atoms with Gasteiger partial charge in [-0.05, 0) is 24.0 Å². The minimum absolute atomic E-state index is 0.454. The zero-order valence-electron chi connectivity index (χ0n) is 8.34. The van der Waals surface area contributed by atoms with Gasteiger partial charge in [0.1, 0.15) is 11.5 Å². The van der Waals surface area contributed by atoms with E-state index in [2.05, 4.69) is 19.9 Å². The maximum atomic E-state index is 5.77. The summed E-state index contributed by atoms with van der Waals surface area (Å²) >= 11 is 0.